The van der Waals surface area contributed by atoms with Gasteiger partial charge in [-0.2, -0.15) is 10.1 Å². The monoisotopic (exact) mass is 276 g/mol. The number of nitrogens with one attached hydrogen (secondary N) is 1. The van der Waals surface area contributed by atoms with Gasteiger partial charge in [0.2, 0.25) is 11.8 Å². The van der Waals surface area contributed by atoms with Crippen molar-refractivity contribution in [3.05, 3.63) is 23.9 Å². The normalized spacial score (nSPS) is 22.8. The number of rotatable bonds is 3. The molecule has 2 aromatic rings. The van der Waals surface area contributed by atoms with Crippen LogP contribution in [0.1, 0.15) is 36.8 Å². The highest BCUT2D eigenvalue weighted by atomic mass is 16.5. The molecular weight excluding hydrogens is 260 g/mol. The topological polar surface area (TPSA) is 98.7 Å². The summed E-state index contributed by atoms with van der Waals surface area (Å²) in [7, 11) is 1.82. The molecule has 20 heavy (non-hydrogen) atoms. The number of piperidine rings is 1. The number of nitrogens with zero attached hydrogens (tertiary/aromatic N) is 5. The molecule has 1 saturated heterocycles. The van der Waals surface area contributed by atoms with Gasteiger partial charge in [-0.3, -0.25) is 9.48 Å². The molecular formula is C12H16N6O2. The second kappa shape index (κ2) is 5.03. The van der Waals surface area contributed by atoms with Gasteiger partial charge in [-0.05, 0) is 5.92 Å². The molecule has 1 amide bonds. The Morgan fingerprint density at radius 1 is 1.55 bits per heavy atom. The fraction of sp³-hybridized carbons (Fsp3) is 0.583. The lowest BCUT2D eigenvalue weighted by Gasteiger charge is -2.25. The first-order valence-electron chi connectivity index (χ1n) is 6.55. The van der Waals surface area contributed by atoms with Crippen LogP contribution in [0.4, 0.5) is 0 Å². The van der Waals surface area contributed by atoms with Crippen molar-refractivity contribution in [1.29, 1.82) is 0 Å². The van der Waals surface area contributed by atoms with Gasteiger partial charge in [-0.25, -0.2) is 4.98 Å². The van der Waals surface area contributed by atoms with E-state index in [1.54, 1.807) is 4.68 Å². The summed E-state index contributed by atoms with van der Waals surface area (Å²) in [6, 6.07) is 0. The molecule has 0 bridgehead atoms. The number of aromatic nitrogens is 5. The molecule has 1 aliphatic rings. The van der Waals surface area contributed by atoms with Crippen LogP contribution < -0.4 is 5.32 Å². The van der Waals surface area contributed by atoms with Gasteiger partial charge in [0.15, 0.2) is 5.82 Å². The van der Waals surface area contributed by atoms with Gasteiger partial charge in [0.05, 0.1) is 12.3 Å². The number of amides is 1. The van der Waals surface area contributed by atoms with Crippen LogP contribution in [0.5, 0.6) is 0 Å². The van der Waals surface area contributed by atoms with Crippen LogP contribution in [-0.2, 0) is 18.3 Å². The van der Waals surface area contributed by atoms with E-state index >= 15 is 0 Å². The van der Waals surface area contributed by atoms with E-state index in [0.29, 0.717) is 31.1 Å². The highest BCUT2D eigenvalue weighted by Gasteiger charge is 2.31. The molecule has 0 spiro atoms. The summed E-state index contributed by atoms with van der Waals surface area (Å²) in [5.74, 6) is 2.30. The highest BCUT2D eigenvalue weighted by molar-refractivity contribution is 5.77. The van der Waals surface area contributed by atoms with Crippen LogP contribution in [-0.4, -0.2) is 37.4 Å². The van der Waals surface area contributed by atoms with Gasteiger partial charge in [0.25, 0.3) is 0 Å². The minimum Gasteiger partial charge on any atom is -0.355 e. The third kappa shape index (κ3) is 2.40. The Kier molecular flexibility index (Phi) is 3.21. The quantitative estimate of drug-likeness (QED) is 0.849. The molecule has 2 aromatic heterocycles. The molecule has 0 aliphatic carbocycles. The average molecular weight is 276 g/mol. The molecule has 0 saturated carbocycles. The zero-order valence-corrected chi connectivity index (χ0v) is 11.4. The summed E-state index contributed by atoms with van der Waals surface area (Å²) < 4.78 is 7.01. The maximum Gasteiger partial charge on any atom is 0.231 e. The summed E-state index contributed by atoms with van der Waals surface area (Å²) in [5.41, 5.74) is 0. The largest absolute Gasteiger partial charge is 0.355 e. The first-order chi connectivity index (χ1) is 9.63. The predicted octanol–water partition coefficient (Wildman–Crippen LogP) is 0.0285. The first-order valence-corrected chi connectivity index (χ1v) is 6.55. The SMILES string of the molecule is CC1CC(=O)NCC1c1nc(Cc2ncnn2C)no1. The van der Waals surface area contributed by atoms with Crippen molar-refractivity contribution in [1.82, 2.24) is 30.2 Å². The van der Waals surface area contributed by atoms with Gasteiger partial charge in [-0.15, -0.1) is 0 Å². The van der Waals surface area contributed by atoms with Crippen LogP contribution in [0.25, 0.3) is 0 Å². The Labute approximate surface area is 115 Å². The van der Waals surface area contributed by atoms with Gasteiger partial charge < -0.3 is 9.84 Å². The van der Waals surface area contributed by atoms with Gasteiger partial charge >= 0.3 is 0 Å². The number of aryl methyl sites for hydroxylation is 1. The third-order valence-electron chi connectivity index (χ3n) is 3.64. The van der Waals surface area contributed by atoms with Crippen LogP contribution in [0, 0.1) is 5.92 Å². The molecule has 1 fully saturated rings. The van der Waals surface area contributed by atoms with Crippen molar-refractivity contribution in [2.24, 2.45) is 13.0 Å². The van der Waals surface area contributed by atoms with Gasteiger partial charge in [0, 0.05) is 20.0 Å². The van der Waals surface area contributed by atoms with Crippen LogP contribution in [0.3, 0.4) is 0 Å². The summed E-state index contributed by atoms with van der Waals surface area (Å²) in [6.07, 6.45) is 2.47. The summed E-state index contributed by atoms with van der Waals surface area (Å²) in [5, 5.41) is 10.8. The molecule has 3 heterocycles. The second-order valence-corrected chi connectivity index (χ2v) is 5.12. The minimum atomic E-state index is 0.0765. The lowest BCUT2D eigenvalue weighted by atomic mass is 9.87. The fourth-order valence-corrected chi connectivity index (χ4v) is 2.37. The number of hydrogen-bond donors (Lipinski definition) is 1. The predicted molar refractivity (Wildman–Crippen MR) is 67.6 cm³/mol. The molecule has 106 valence electrons. The zero-order valence-electron chi connectivity index (χ0n) is 11.4. The van der Waals surface area contributed by atoms with Gasteiger partial charge in [0.1, 0.15) is 12.2 Å². The molecule has 8 heteroatoms. The van der Waals surface area contributed by atoms with E-state index in [0.717, 1.165) is 5.82 Å². The lowest BCUT2D eigenvalue weighted by molar-refractivity contribution is -0.123. The van der Waals surface area contributed by atoms with E-state index in [1.807, 2.05) is 14.0 Å². The summed E-state index contributed by atoms with van der Waals surface area (Å²) in [4.78, 5) is 19.9. The van der Waals surface area contributed by atoms with Crippen LogP contribution in [0.2, 0.25) is 0 Å². The number of hydrogen-bond acceptors (Lipinski definition) is 6. The molecule has 8 nitrogen and oxygen atoms in total. The number of carbonyl (C=O) groups is 1. The molecule has 0 radical (unpaired) electrons. The Hall–Kier alpha value is -2.25. The van der Waals surface area contributed by atoms with E-state index in [1.165, 1.54) is 6.33 Å². The highest BCUT2D eigenvalue weighted by Crippen LogP contribution is 2.28. The van der Waals surface area contributed by atoms with E-state index in [-0.39, 0.29) is 17.7 Å². The minimum absolute atomic E-state index is 0.0765. The van der Waals surface area contributed by atoms with Crippen LogP contribution in [0.15, 0.2) is 10.9 Å². The molecule has 1 aliphatic heterocycles. The lowest BCUT2D eigenvalue weighted by Crippen LogP contribution is -2.38. The summed E-state index contributed by atoms with van der Waals surface area (Å²) >= 11 is 0. The van der Waals surface area contributed by atoms with E-state index in [4.69, 9.17) is 4.52 Å². The fourth-order valence-electron chi connectivity index (χ4n) is 2.37. The zero-order chi connectivity index (χ0) is 14.1. The standard InChI is InChI=1S/C12H16N6O2/c1-7-3-11(19)13-5-8(7)12-16-9(17-20-12)4-10-14-6-15-18(10)2/h6-8H,3-5H2,1-2H3,(H,13,19). The summed E-state index contributed by atoms with van der Waals surface area (Å²) in [6.45, 7) is 2.57. The first kappa shape index (κ1) is 12.8. The van der Waals surface area contributed by atoms with Crippen LogP contribution >= 0.6 is 0 Å². The Morgan fingerprint density at radius 3 is 3.10 bits per heavy atom. The van der Waals surface area contributed by atoms with E-state index < -0.39 is 0 Å². The molecule has 3 rings (SSSR count). The smallest absolute Gasteiger partial charge is 0.231 e. The van der Waals surface area contributed by atoms with Crippen molar-refractivity contribution in [2.45, 2.75) is 25.7 Å². The Morgan fingerprint density at radius 2 is 2.40 bits per heavy atom. The van der Waals surface area contributed by atoms with Crippen molar-refractivity contribution < 1.29 is 9.32 Å². The van der Waals surface area contributed by atoms with Gasteiger partial charge in [-0.1, -0.05) is 12.1 Å². The second-order valence-electron chi connectivity index (χ2n) is 5.12. The number of carbonyl (C=O) groups excluding carboxylic acids is 1. The van der Waals surface area contributed by atoms with Crippen molar-refractivity contribution in [3.63, 3.8) is 0 Å². The van der Waals surface area contributed by atoms with Crippen molar-refractivity contribution in [3.8, 4) is 0 Å². The molecule has 0 aromatic carbocycles. The Bertz CT molecular complexity index is 619. The van der Waals surface area contributed by atoms with Crippen molar-refractivity contribution in [2.75, 3.05) is 6.54 Å². The maximum absolute atomic E-state index is 11.3. The molecule has 2 unspecified atom stereocenters. The van der Waals surface area contributed by atoms with E-state index in [9.17, 15) is 4.79 Å². The molecule has 1 N–H and O–H groups in total. The van der Waals surface area contributed by atoms with Crippen molar-refractivity contribution >= 4 is 5.91 Å². The average Bonchev–Trinajstić information content (AvgIpc) is 3.00. The maximum atomic E-state index is 11.3. The third-order valence-corrected chi connectivity index (χ3v) is 3.64. The molecule has 2 atom stereocenters. The van der Waals surface area contributed by atoms with E-state index in [2.05, 4.69) is 25.5 Å². The Balaban J connectivity index is 1.73.